The Morgan fingerprint density at radius 1 is 1.20 bits per heavy atom. The van der Waals surface area contributed by atoms with E-state index in [0.717, 1.165) is 22.0 Å². The molecule has 0 atom stereocenters. The Kier molecular flexibility index (Phi) is 5.40. The number of thioether (sulfide) groups is 1. The molecule has 5 nitrogen and oxygen atoms in total. The molecule has 0 aliphatic heterocycles. The Hall–Kier alpha value is -2.73. The van der Waals surface area contributed by atoms with E-state index < -0.39 is 0 Å². The summed E-state index contributed by atoms with van der Waals surface area (Å²) >= 11 is 1.40. The maximum atomic E-state index is 12.0. The van der Waals surface area contributed by atoms with Gasteiger partial charge in [0.15, 0.2) is 5.16 Å². The summed E-state index contributed by atoms with van der Waals surface area (Å²) in [6, 6.07) is 16.9. The third kappa shape index (κ3) is 4.42. The number of phenolic OH excluding ortho intramolecular Hbond substituents is 1. The van der Waals surface area contributed by atoms with Gasteiger partial charge >= 0.3 is 0 Å². The van der Waals surface area contributed by atoms with Crippen LogP contribution in [0.3, 0.4) is 0 Å². The molecule has 0 unspecified atom stereocenters. The van der Waals surface area contributed by atoms with Crippen LogP contribution in [0.1, 0.15) is 5.56 Å². The van der Waals surface area contributed by atoms with E-state index in [1.165, 1.54) is 11.8 Å². The summed E-state index contributed by atoms with van der Waals surface area (Å²) in [6.45, 7) is 0.392. The zero-order valence-electron chi connectivity index (χ0n) is 13.8. The molecule has 0 aliphatic rings. The van der Waals surface area contributed by atoms with E-state index >= 15 is 0 Å². The molecule has 2 aromatic carbocycles. The first-order valence-corrected chi connectivity index (χ1v) is 8.86. The molecule has 25 heavy (non-hydrogen) atoms. The summed E-state index contributed by atoms with van der Waals surface area (Å²) in [6.07, 6.45) is 1.82. The summed E-state index contributed by atoms with van der Waals surface area (Å²) in [5, 5.41) is 13.1. The van der Waals surface area contributed by atoms with Crippen molar-refractivity contribution in [2.45, 2.75) is 11.7 Å². The van der Waals surface area contributed by atoms with Gasteiger partial charge in [0.2, 0.25) is 5.91 Å². The van der Waals surface area contributed by atoms with Crippen molar-refractivity contribution in [1.29, 1.82) is 0 Å². The van der Waals surface area contributed by atoms with Crippen LogP contribution in [0.5, 0.6) is 5.75 Å². The van der Waals surface area contributed by atoms with Crippen molar-refractivity contribution in [2.75, 3.05) is 5.75 Å². The fraction of sp³-hybridized carbons (Fsp3) is 0.158. The minimum atomic E-state index is -0.0717. The molecule has 0 bridgehead atoms. The minimum absolute atomic E-state index is 0.0717. The van der Waals surface area contributed by atoms with Gasteiger partial charge in [0.1, 0.15) is 5.75 Å². The minimum Gasteiger partial charge on any atom is -0.508 e. The molecule has 1 heterocycles. The van der Waals surface area contributed by atoms with Gasteiger partial charge in [0, 0.05) is 13.6 Å². The number of aromatic nitrogens is 2. The molecule has 0 fully saturated rings. The van der Waals surface area contributed by atoms with Crippen molar-refractivity contribution >= 4 is 17.7 Å². The van der Waals surface area contributed by atoms with Crippen LogP contribution in [0.15, 0.2) is 66.0 Å². The predicted molar refractivity (Wildman–Crippen MR) is 99.3 cm³/mol. The number of carbonyl (C=O) groups is 1. The summed E-state index contributed by atoms with van der Waals surface area (Å²) in [5.74, 6) is 0.415. The van der Waals surface area contributed by atoms with Gasteiger partial charge < -0.3 is 15.0 Å². The number of nitrogens with one attached hydrogen (secondary N) is 1. The van der Waals surface area contributed by atoms with E-state index in [-0.39, 0.29) is 17.4 Å². The highest BCUT2D eigenvalue weighted by atomic mass is 32.2. The summed E-state index contributed by atoms with van der Waals surface area (Å²) in [4.78, 5) is 16.4. The zero-order valence-corrected chi connectivity index (χ0v) is 14.7. The second-order valence-corrected chi connectivity index (χ2v) is 6.53. The normalized spacial score (nSPS) is 10.6. The van der Waals surface area contributed by atoms with Gasteiger partial charge in [0.25, 0.3) is 0 Å². The van der Waals surface area contributed by atoms with Crippen molar-refractivity contribution in [3.05, 3.63) is 66.4 Å². The number of rotatable bonds is 6. The lowest BCUT2D eigenvalue weighted by Gasteiger charge is -2.07. The maximum Gasteiger partial charge on any atom is 0.230 e. The number of amides is 1. The van der Waals surface area contributed by atoms with Gasteiger partial charge in [-0.1, -0.05) is 54.2 Å². The van der Waals surface area contributed by atoms with Crippen molar-refractivity contribution in [3.63, 3.8) is 0 Å². The van der Waals surface area contributed by atoms with Gasteiger partial charge in [-0.2, -0.15) is 0 Å². The fourth-order valence-corrected chi connectivity index (χ4v) is 3.23. The molecule has 1 aromatic heterocycles. The Labute approximate surface area is 150 Å². The number of hydrogen-bond acceptors (Lipinski definition) is 4. The lowest BCUT2D eigenvalue weighted by atomic mass is 10.2. The smallest absolute Gasteiger partial charge is 0.230 e. The third-order valence-electron chi connectivity index (χ3n) is 3.75. The Morgan fingerprint density at radius 3 is 2.76 bits per heavy atom. The van der Waals surface area contributed by atoms with E-state index in [4.69, 9.17) is 0 Å². The molecule has 128 valence electrons. The third-order valence-corrected chi connectivity index (χ3v) is 4.79. The summed E-state index contributed by atoms with van der Waals surface area (Å²) in [7, 11) is 1.95. The molecule has 0 spiro atoms. The van der Waals surface area contributed by atoms with Crippen LogP contribution in [0, 0.1) is 0 Å². The summed E-state index contributed by atoms with van der Waals surface area (Å²) in [5.41, 5.74) is 2.97. The molecule has 0 radical (unpaired) electrons. The van der Waals surface area contributed by atoms with Crippen LogP contribution >= 0.6 is 11.8 Å². The van der Waals surface area contributed by atoms with Crippen LogP contribution in [0.25, 0.3) is 11.3 Å². The number of imidazole rings is 1. The molecule has 0 aliphatic carbocycles. The Bertz CT molecular complexity index is 862. The van der Waals surface area contributed by atoms with Crippen LogP contribution < -0.4 is 5.32 Å². The topological polar surface area (TPSA) is 67.2 Å². The van der Waals surface area contributed by atoms with Crippen molar-refractivity contribution in [1.82, 2.24) is 14.9 Å². The van der Waals surface area contributed by atoms with Crippen molar-refractivity contribution < 1.29 is 9.90 Å². The highest BCUT2D eigenvalue weighted by Crippen LogP contribution is 2.24. The largest absolute Gasteiger partial charge is 0.508 e. The first-order chi connectivity index (χ1) is 12.1. The van der Waals surface area contributed by atoms with Crippen molar-refractivity contribution in [3.8, 4) is 17.0 Å². The number of benzene rings is 2. The number of aromatic hydroxyl groups is 1. The van der Waals surface area contributed by atoms with Gasteiger partial charge in [-0.15, -0.1) is 0 Å². The highest BCUT2D eigenvalue weighted by molar-refractivity contribution is 7.99. The van der Waals surface area contributed by atoms with Gasteiger partial charge in [-0.05, 0) is 23.3 Å². The SMILES string of the molecule is Cn1c(-c2ccccc2)cnc1SCC(=O)NCc1cccc(O)c1. The highest BCUT2D eigenvalue weighted by Gasteiger charge is 2.11. The van der Waals surface area contributed by atoms with Gasteiger partial charge in [-0.3, -0.25) is 4.79 Å². The molecule has 3 rings (SSSR count). The predicted octanol–water partition coefficient (Wildman–Crippen LogP) is 3.20. The van der Waals surface area contributed by atoms with Gasteiger partial charge in [0.05, 0.1) is 17.6 Å². The lowest BCUT2D eigenvalue weighted by Crippen LogP contribution is -2.24. The molecule has 6 heteroatoms. The van der Waals surface area contributed by atoms with Crippen LogP contribution in [-0.4, -0.2) is 26.3 Å². The quantitative estimate of drug-likeness (QED) is 0.668. The lowest BCUT2D eigenvalue weighted by molar-refractivity contribution is -0.118. The summed E-state index contributed by atoms with van der Waals surface area (Å²) < 4.78 is 1.99. The van der Waals surface area contributed by atoms with Crippen LogP contribution in [0.2, 0.25) is 0 Å². The monoisotopic (exact) mass is 353 g/mol. The maximum absolute atomic E-state index is 12.0. The first-order valence-electron chi connectivity index (χ1n) is 7.88. The molecule has 0 saturated carbocycles. The Balaban J connectivity index is 1.55. The molecule has 0 saturated heterocycles. The van der Waals surface area contributed by atoms with E-state index in [2.05, 4.69) is 10.3 Å². The van der Waals surface area contributed by atoms with E-state index in [9.17, 15) is 9.90 Å². The number of nitrogens with zero attached hydrogens (tertiary/aromatic N) is 2. The molecule has 3 aromatic rings. The molecular formula is C19H19N3O2S. The van der Waals surface area contributed by atoms with E-state index in [0.29, 0.717) is 6.54 Å². The number of phenols is 1. The van der Waals surface area contributed by atoms with Gasteiger partial charge in [-0.25, -0.2) is 4.98 Å². The average Bonchev–Trinajstić information content (AvgIpc) is 2.99. The Morgan fingerprint density at radius 2 is 2.00 bits per heavy atom. The fourth-order valence-electron chi connectivity index (χ4n) is 2.45. The standard InChI is InChI=1S/C19H19N3O2S/c1-22-17(15-7-3-2-4-8-15)12-21-19(22)25-13-18(24)20-11-14-6-5-9-16(23)10-14/h2-10,12,23H,11,13H2,1H3,(H,20,24). The second kappa shape index (κ2) is 7.90. The molecule has 1 amide bonds. The first kappa shape index (κ1) is 17.1. The number of carbonyl (C=O) groups excluding carboxylic acids is 1. The molecule has 2 N–H and O–H groups in total. The average molecular weight is 353 g/mol. The van der Waals surface area contributed by atoms with Crippen molar-refractivity contribution in [2.24, 2.45) is 7.05 Å². The van der Waals surface area contributed by atoms with Crippen LogP contribution in [-0.2, 0) is 18.4 Å². The van der Waals surface area contributed by atoms with E-state index in [1.807, 2.05) is 54.2 Å². The zero-order chi connectivity index (χ0) is 17.6. The van der Waals surface area contributed by atoms with Crippen LogP contribution in [0.4, 0.5) is 0 Å². The molecular weight excluding hydrogens is 334 g/mol. The number of hydrogen-bond donors (Lipinski definition) is 2. The second-order valence-electron chi connectivity index (χ2n) is 5.59. The van der Waals surface area contributed by atoms with E-state index in [1.54, 1.807) is 18.2 Å².